The molecule has 0 nitrogen and oxygen atoms in total. The van der Waals surface area contributed by atoms with E-state index in [1.165, 1.54) is 66.4 Å². The van der Waals surface area contributed by atoms with Crippen molar-refractivity contribution in [1.82, 2.24) is 0 Å². The molecule has 194 valence electrons. The monoisotopic (exact) mass is 606 g/mol. The van der Waals surface area contributed by atoms with E-state index in [-0.39, 0.29) is 35.6 Å². The molecule has 0 amide bonds. The smallest absolute Gasteiger partial charge is 0.109 e. The van der Waals surface area contributed by atoms with Crippen LogP contribution in [-0.2, 0) is 41.5 Å². The third-order valence-corrected chi connectivity index (χ3v) is 7.03. The maximum atomic E-state index is 3.53. The maximum absolute atomic E-state index is 3.53. The van der Waals surface area contributed by atoms with Crippen molar-refractivity contribution in [2.24, 2.45) is 0 Å². The SMILES string of the molecule is CC(C)(C)c1c[c-]c2c(c1)-c1cc(C(C)(C)C)ccc1C2.C[C](=[Zr+2])c1ccccc1.[C-]1=CC=CC1.[Cl-].[Cl-]. The van der Waals surface area contributed by atoms with Crippen molar-refractivity contribution in [2.75, 3.05) is 0 Å². The van der Waals surface area contributed by atoms with Crippen LogP contribution in [0.15, 0.2) is 78.9 Å². The van der Waals surface area contributed by atoms with Gasteiger partial charge in [-0.05, 0) is 17.4 Å². The van der Waals surface area contributed by atoms with E-state index in [4.69, 9.17) is 0 Å². The molecule has 0 radical (unpaired) electrons. The topological polar surface area (TPSA) is 0 Å². The van der Waals surface area contributed by atoms with Gasteiger partial charge in [0.05, 0.1) is 0 Å². The van der Waals surface area contributed by atoms with Gasteiger partial charge in [0.15, 0.2) is 0 Å². The van der Waals surface area contributed by atoms with Gasteiger partial charge in [-0.2, -0.15) is 35.4 Å². The predicted octanol–water partition coefficient (Wildman–Crippen LogP) is 2.74. The Balaban J connectivity index is 0.000000354. The number of benzene rings is 3. The van der Waals surface area contributed by atoms with Gasteiger partial charge in [-0.3, -0.25) is 6.08 Å². The van der Waals surface area contributed by atoms with Crippen molar-refractivity contribution in [2.45, 2.75) is 72.1 Å². The van der Waals surface area contributed by atoms with Crippen molar-refractivity contribution in [3.05, 3.63) is 119 Å². The van der Waals surface area contributed by atoms with E-state index in [1.807, 2.05) is 18.2 Å². The molecule has 0 atom stereocenters. The van der Waals surface area contributed by atoms with Crippen LogP contribution in [0.4, 0.5) is 0 Å². The third-order valence-electron chi connectivity index (χ3n) is 6.32. The molecule has 0 bridgehead atoms. The van der Waals surface area contributed by atoms with E-state index in [0.29, 0.717) is 0 Å². The quantitative estimate of drug-likeness (QED) is 0.292. The molecule has 0 N–H and O–H groups in total. The molecule has 0 spiro atoms. The fraction of sp³-hybridized carbons (Fsp3) is 0.324. The minimum absolute atomic E-state index is 0. The van der Waals surface area contributed by atoms with Gasteiger partial charge in [0.2, 0.25) is 0 Å². The summed E-state index contributed by atoms with van der Waals surface area (Å²) in [7, 11) is 0. The Kier molecular flexibility index (Phi) is 13.2. The molecular formula is C34H38Cl2Zr-2. The summed E-state index contributed by atoms with van der Waals surface area (Å²) in [6.07, 6.45) is 11.0. The molecule has 0 saturated heterocycles. The zero-order valence-electron chi connectivity index (χ0n) is 23.2. The number of allylic oxidation sites excluding steroid dienone is 4. The van der Waals surface area contributed by atoms with Crippen LogP contribution in [0.3, 0.4) is 0 Å². The number of fused-ring (bicyclic) bond motifs is 3. The summed E-state index contributed by atoms with van der Waals surface area (Å²) in [6.45, 7) is 15.8. The third kappa shape index (κ3) is 9.62. The molecule has 0 saturated carbocycles. The molecule has 3 aromatic rings. The van der Waals surface area contributed by atoms with Gasteiger partial charge in [0, 0.05) is 0 Å². The molecule has 37 heavy (non-hydrogen) atoms. The van der Waals surface area contributed by atoms with Crippen molar-refractivity contribution in [3.8, 4) is 11.1 Å². The van der Waals surface area contributed by atoms with Crippen molar-refractivity contribution >= 4 is 3.21 Å². The van der Waals surface area contributed by atoms with Crippen molar-refractivity contribution < 1.29 is 49.0 Å². The van der Waals surface area contributed by atoms with Gasteiger partial charge in [-0.1, -0.05) is 76.3 Å². The second-order valence-electron chi connectivity index (χ2n) is 11.3. The average Bonchev–Trinajstić information content (AvgIpc) is 3.50. The molecular weight excluding hydrogens is 571 g/mol. The van der Waals surface area contributed by atoms with Crippen LogP contribution in [0.5, 0.6) is 0 Å². The summed E-state index contributed by atoms with van der Waals surface area (Å²) in [6, 6.07) is 25.5. The number of halogens is 2. The Bertz CT molecular complexity index is 1150. The zero-order chi connectivity index (χ0) is 25.6. The van der Waals surface area contributed by atoms with Gasteiger partial charge < -0.3 is 24.8 Å². The summed E-state index contributed by atoms with van der Waals surface area (Å²) in [5.41, 5.74) is 10.1. The molecule has 2 aliphatic rings. The maximum Gasteiger partial charge on any atom is -0.109 e. The first-order valence-electron chi connectivity index (χ1n) is 12.5. The van der Waals surface area contributed by atoms with Gasteiger partial charge in [0.1, 0.15) is 0 Å². The number of hydrogen-bond donors (Lipinski definition) is 0. The Morgan fingerprint density at radius 1 is 0.811 bits per heavy atom. The van der Waals surface area contributed by atoms with Crippen molar-refractivity contribution in [1.29, 1.82) is 0 Å². The number of rotatable bonds is 1. The Morgan fingerprint density at radius 2 is 1.43 bits per heavy atom. The fourth-order valence-corrected chi connectivity index (χ4v) is 4.42. The van der Waals surface area contributed by atoms with Gasteiger partial charge in [0.25, 0.3) is 0 Å². The molecule has 3 aromatic carbocycles. The van der Waals surface area contributed by atoms with E-state index < -0.39 is 0 Å². The summed E-state index contributed by atoms with van der Waals surface area (Å²) >= 11 is 1.51. The van der Waals surface area contributed by atoms with Crippen molar-refractivity contribution in [3.63, 3.8) is 0 Å². The van der Waals surface area contributed by atoms with E-state index in [1.54, 1.807) is 0 Å². The Labute approximate surface area is 252 Å². The van der Waals surface area contributed by atoms with Gasteiger partial charge in [-0.15, -0.1) is 12.0 Å². The van der Waals surface area contributed by atoms with E-state index in [9.17, 15) is 0 Å². The minimum atomic E-state index is 0. The summed E-state index contributed by atoms with van der Waals surface area (Å²) in [4.78, 5) is 0. The van der Waals surface area contributed by atoms with E-state index in [0.717, 1.165) is 12.8 Å². The van der Waals surface area contributed by atoms with Crippen LogP contribution in [0.25, 0.3) is 11.1 Å². The van der Waals surface area contributed by atoms with Crippen LogP contribution in [0.1, 0.15) is 82.7 Å². The second kappa shape index (κ2) is 14.6. The molecule has 0 heterocycles. The minimum Gasteiger partial charge on any atom is -1.00 e. The van der Waals surface area contributed by atoms with Gasteiger partial charge >= 0.3 is 70.3 Å². The Morgan fingerprint density at radius 3 is 1.89 bits per heavy atom. The van der Waals surface area contributed by atoms with Crippen LogP contribution >= 0.6 is 0 Å². The van der Waals surface area contributed by atoms with Crippen LogP contribution in [0.2, 0.25) is 0 Å². The van der Waals surface area contributed by atoms with Crippen LogP contribution < -0.4 is 24.8 Å². The summed E-state index contributed by atoms with van der Waals surface area (Å²) < 4.78 is 1.46. The second-order valence-corrected chi connectivity index (χ2v) is 13.2. The molecule has 3 heteroatoms. The fourth-order valence-electron chi connectivity index (χ4n) is 4.01. The molecule has 0 fully saturated rings. The largest absolute Gasteiger partial charge is 1.00 e. The van der Waals surface area contributed by atoms with E-state index >= 15 is 0 Å². The molecule has 0 aromatic heterocycles. The number of hydrogen-bond acceptors (Lipinski definition) is 0. The summed E-state index contributed by atoms with van der Waals surface area (Å²) in [5, 5.41) is 0. The Hall–Kier alpha value is -1.53. The van der Waals surface area contributed by atoms with Crippen LogP contribution in [0, 0.1) is 12.1 Å². The molecule has 0 unspecified atom stereocenters. The first-order valence-corrected chi connectivity index (χ1v) is 13.7. The average molecular weight is 609 g/mol. The van der Waals surface area contributed by atoms with Crippen LogP contribution in [-0.4, -0.2) is 3.21 Å². The predicted molar refractivity (Wildman–Crippen MR) is 149 cm³/mol. The zero-order valence-corrected chi connectivity index (χ0v) is 27.1. The standard InChI is InChI=1S/C21H25.C8H8.C5H5.2ClH.Zr/c1-20(2,3)16-9-7-14-11-15-8-10-17(21(4,5)6)13-19(15)18(14)12-16;1-2-8-6-4-3-5-7-8;1-2-4-5-3-1;;;/h7,9-10,12-13H,11H2,1-6H3;3-7H,1H3;1-3H,4H2;2*1H;/q-1;;-1;;;+2/p-2. The molecule has 0 aliphatic heterocycles. The van der Waals surface area contributed by atoms with Gasteiger partial charge in [-0.25, -0.2) is 12.2 Å². The van der Waals surface area contributed by atoms with E-state index in [2.05, 4.69) is 121 Å². The first-order chi connectivity index (χ1) is 16.5. The normalized spacial score (nSPS) is 12.6. The first kappa shape index (κ1) is 33.5. The molecule has 5 rings (SSSR count). The summed E-state index contributed by atoms with van der Waals surface area (Å²) in [5.74, 6) is 0. The molecule has 2 aliphatic carbocycles.